The van der Waals surface area contributed by atoms with Gasteiger partial charge in [-0.25, -0.2) is 9.97 Å². The summed E-state index contributed by atoms with van der Waals surface area (Å²) in [7, 11) is 3.36. The van der Waals surface area contributed by atoms with Gasteiger partial charge in [0, 0.05) is 26.0 Å². The fourth-order valence-electron chi connectivity index (χ4n) is 2.99. The highest BCUT2D eigenvalue weighted by Crippen LogP contribution is 2.35. The number of rotatable bonds is 4. The number of aryl methyl sites for hydroxylation is 2. The summed E-state index contributed by atoms with van der Waals surface area (Å²) in [4.78, 5) is 22.3. The highest BCUT2D eigenvalue weighted by molar-refractivity contribution is 14.1. The van der Waals surface area contributed by atoms with E-state index in [1.54, 1.807) is 45.0 Å². The molecule has 2 aromatic heterocycles. The Balaban J connectivity index is 2.03. The molecule has 10 heteroatoms. The zero-order valence-electron chi connectivity index (χ0n) is 16.2. The summed E-state index contributed by atoms with van der Waals surface area (Å²) >= 11 is 2.12. The third-order valence-electron chi connectivity index (χ3n) is 4.50. The summed E-state index contributed by atoms with van der Waals surface area (Å²) in [6, 6.07) is 2.21. The number of hydrogen-bond donors (Lipinski definition) is 1. The maximum Gasteiger partial charge on any atom is 0.416 e. The number of amides is 1. The summed E-state index contributed by atoms with van der Waals surface area (Å²) in [5, 5.41) is 3.13. The molecule has 1 N–H and O–H groups in total. The summed E-state index contributed by atoms with van der Waals surface area (Å²) < 4.78 is 41.7. The third-order valence-corrected chi connectivity index (χ3v) is 5.29. The molecule has 2 heterocycles. The van der Waals surface area contributed by atoms with Crippen LogP contribution in [0.2, 0.25) is 0 Å². The number of carbonyl (C=O) groups is 1. The molecule has 0 aliphatic heterocycles. The van der Waals surface area contributed by atoms with Crippen molar-refractivity contribution in [2.24, 2.45) is 0 Å². The van der Waals surface area contributed by atoms with E-state index in [4.69, 9.17) is 0 Å². The molecule has 0 aliphatic carbocycles. The maximum absolute atomic E-state index is 13.0. The maximum atomic E-state index is 13.0. The number of fused-ring (bicyclic) bond motifs is 1. The van der Waals surface area contributed by atoms with Crippen molar-refractivity contribution in [1.82, 2.24) is 19.4 Å². The molecule has 0 radical (unpaired) electrons. The summed E-state index contributed by atoms with van der Waals surface area (Å²) in [5.41, 5.74) is 2.04. The molecule has 0 unspecified atom stereocenters. The fraction of sp³-hybridized carbons (Fsp3) is 0.316. The Kier molecular flexibility index (Phi) is 5.74. The van der Waals surface area contributed by atoms with E-state index in [0.29, 0.717) is 28.1 Å². The van der Waals surface area contributed by atoms with Gasteiger partial charge in [0.05, 0.1) is 21.0 Å². The number of aromatic nitrogens is 3. The molecule has 0 bridgehead atoms. The number of imidazole rings is 1. The lowest BCUT2D eigenvalue weighted by Gasteiger charge is -2.16. The van der Waals surface area contributed by atoms with Gasteiger partial charge in [0.1, 0.15) is 12.1 Å². The minimum absolute atomic E-state index is 0.0825. The van der Waals surface area contributed by atoms with Crippen LogP contribution in [0, 0.1) is 17.4 Å². The lowest BCUT2D eigenvalue weighted by atomic mass is 10.0. The standard InChI is InChI=1S/C19H19F3IN5O/c1-10-5-12(19(20,21)22)6-11(2)15(10)26-18-16-17(13(23)7-24-18)28(9-25-16)8-14(29)27(3)4/h5-7,9H,8H2,1-4H3,(H,24,26). The van der Waals surface area contributed by atoms with Crippen LogP contribution in [0.4, 0.5) is 24.7 Å². The van der Waals surface area contributed by atoms with Gasteiger partial charge in [-0.05, 0) is 59.7 Å². The van der Waals surface area contributed by atoms with Gasteiger partial charge in [0.15, 0.2) is 5.82 Å². The van der Waals surface area contributed by atoms with Gasteiger partial charge in [0.25, 0.3) is 0 Å². The van der Waals surface area contributed by atoms with E-state index in [0.717, 1.165) is 21.2 Å². The van der Waals surface area contributed by atoms with Gasteiger partial charge >= 0.3 is 6.18 Å². The molecule has 29 heavy (non-hydrogen) atoms. The molecule has 1 aromatic carbocycles. The Labute approximate surface area is 179 Å². The molecular weight excluding hydrogens is 498 g/mol. The Morgan fingerprint density at radius 3 is 2.38 bits per heavy atom. The van der Waals surface area contributed by atoms with Crippen molar-refractivity contribution in [3.8, 4) is 0 Å². The Morgan fingerprint density at radius 2 is 1.83 bits per heavy atom. The monoisotopic (exact) mass is 517 g/mol. The lowest BCUT2D eigenvalue weighted by Crippen LogP contribution is -2.26. The van der Waals surface area contributed by atoms with Crippen molar-refractivity contribution in [1.29, 1.82) is 0 Å². The largest absolute Gasteiger partial charge is 0.416 e. The first-order valence-electron chi connectivity index (χ1n) is 8.64. The summed E-state index contributed by atoms with van der Waals surface area (Å²) in [6.07, 6.45) is -1.20. The zero-order valence-corrected chi connectivity index (χ0v) is 18.4. The second kappa shape index (κ2) is 7.81. The Bertz CT molecular complexity index is 1070. The second-order valence-electron chi connectivity index (χ2n) is 6.92. The predicted octanol–water partition coefficient (Wildman–Crippen LogP) is 4.50. The number of hydrogen-bond acceptors (Lipinski definition) is 4. The van der Waals surface area contributed by atoms with Crippen LogP contribution in [0.1, 0.15) is 16.7 Å². The van der Waals surface area contributed by atoms with E-state index < -0.39 is 11.7 Å². The van der Waals surface area contributed by atoms with Crippen molar-refractivity contribution in [2.45, 2.75) is 26.6 Å². The number of nitrogens with one attached hydrogen (secondary N) is 1. The number of likely N-dealkylation sites (N-methyl/N-ethyl adjacent to an activating group) is 1. The number of benzene rings is 1. The van der Waals surface area contributed by atoms with E-state index in [-0.39, 0.29) is 12.5 Å². The molecule has 0 saturated carbocycles. The number of halogens is 4. The van der Waals surface area contributed by atoms with Crippen LogP contribution < -0.4 is 5.32 Å². The molecule has 0 fully saturated rings. The first-order chi connectivity index (χ1) is 13.5. The SMILES string of the molecule is Cc1cc(C(F)(F)F)cc(C)c1Nc1ncc(I)c2c1ncn2CC(=O)N(C)C. The first-order valence-corrected chi connectivity index (χ1v) is 9.72. The number of anilines is 2. The van der Waals surface area contributed by atoms with E-state index in [2.05, 4.69) is 37.9 Å². The van der Waals surface area contributed by atoms with Gasteiger partial charge in [-0.3, -0.25) is 4.79 Å². The molecule has 0 atom stereocenters. The number of alkyl halides is 3. The van der Waals surface area contributed by atoms with Crippen LogP contribution in [0.15, 0.2) is 24.7 Å². The molecule has 0 aliphatic rings. The molecule has 154 valence electrons. The van der Waals surface area contributed by atoms with Gasteiger partial charge in [-0.2, -0.15) is 13.2 Å². The Morgan fingerprint density at radius 1 is 1.21 bits per heavy atom. The van der Waals surface area contributed by atoms with Gasteiger partial charge in [-0.15, -0.1) is 0 Å². The predicted molar refractivity (Wildman–Crippen MR) is 113 cm³/mol. The smallest absolute Gasteiger partial charge is 0.347 e. The normalized spacial score (nSPS) is 11.7. The third kappa shape index (κ3) is 4.31. The molecule has 3 aromatic rings. The number of carbonyl (C=O) groups excluding carboxylic acids is 1. The average molecular weight is 517 g/mol. The van der Waals surface area contributed by atoms with Crippen molar-refractivity contribution in [3.63, 3.8) is 0 Å². The van der Waals surface area contributed by atoms with Gasteiger partial charge in [0.2, 0.25) is 5.91 Å². The van der Waals surface area contributed by atoms with E-state index >= 15 is 0 Å². The molecular formula is C19H19F3IN5O. The van der Waals surface area contributed by atoms with E-state index in [1.807, 2.05) is 0 Å². The van der Waals surface area contributed by atoms with Crippen molar-refractivity contribution in [3.05, 3.63) is 44.9 Å². The minimum Gasteiger partial charge on any atom is -0.347 e. The van der Waals surface area contributed by atoms with Crippen LogP contribution in [0.5, 0.6) is 0 Å². The number of nitrogens with zero attached hydrogens (tertiary/aromatic N) is 4. The Hall–Kier alpha value is -2.37. The zero-order chi connectivity index (χ0) is 21.5. The minimum atomic E-state index is -4.40. The van der Waals surface area contributed by atoms with Crippen LogP contribution in [0.3, 0.4) is 0 Å². The number of pyridine rings is 1. The van der Waals surface area contributed by atoms with Gasteiger partial charge < -0.3 is 14.8 Å². The quantitative estimate of drug-likeness (QED) is 0.518. The van der Waals surface area contributed by atoms with E-state index in [1.165, 1.54) is 4.90 Å². The molecule has 0 saturated heterocycles. The molecule has 6 nitrogen and oxygen atoms in total. The highest BCUT2D eigenvalue weighted by Gasteiger charge is 2.31. The fourth-order valence-corrected chi connectivity index (χ4v) is 3.70. The van der Waals surface area contributed by atoms with Crippen molar-refractivity contribution < 1.29 is 18.0 Å². The average Bonchev–Trinajstić information content (AvgIpc) is 3.03. The van der Waals surface area contributed by atoms with Gasteiger partial charge in [-0.1, -0.05) is 0 Å². The highest BCUT2D eigenvalue weighted by atomic mass is 127. The molecule has 0 spiro atoms. The van der Waals surface area contributed by atoms with Crippen molar-refractivity contribution in [2.75, 3.05) is 19.4 Å². The second-order valence-corrected chi connectivity index (χ2v) is 8.08. The van der Waals surface area contributed by atoms with Crippen molar-refractivity contribution >= 4 is 51.0 Å². The summed E-state index contributed by atoms with van der Waals surface area (Å²) in [5.74, 6) is 0.336. The molecule has 3 rings (SSSR count). The van der Waals surface area contributed by atoms with Crippen LogP contribution in [-0.2, 0) is 17.5 Å². The summed E-state index contributed by atoms with van der Waals surface area (Å²) in [6.45, 7) is 3.35. The van der Waals surface area contributed by atoms with E-state index in [9.17, 15) is 18.0 Å². The first kappa shape index (κ1) is 21.3. The van der Waals surface area contributed by atoms with Crippen LogP contribution in [0.25, 0.3) is 11.0 Å². The lowest BCUT2D eigenvalue weighted by molar-refractivity contribution is -0.137. The molecule has 1 amide bonds. The van der Waals surface area contributed by atoms with Crippen LogP contribution in [-0.4, -0.2) is 39.4 Å². The van der Waals surface area contributed by atoms with Crippen LogP contribution >= 0.6 is 22.6 Å². The topological polar surface area (TPSA) is 63.1 Å².